The van der Waals surface area contributed by atoms with Crippen LogP contribution in [0.25, 0.3) is 0 Å². The Bertz CT molecular complexity index is 886. The number of anilines is 1. The van der Waals surface area contributed by atoms with E-state index < -0.39 is 12.5 Å². The summed E-state index contributed by atoms with van der Waals surface area (Å²) < 4.78 is 33.9. The molecule has 2 aliphatic heterocycles. The Morgan fingerprint density at radius 1 is 1.34 bits per heavy atom. The molecule has 1 amide bonds. The largest absolute Gasteiger partial charge is 0.367 e. The van der Waals surface area contributed by atoms with Crippen molar-refractivity contribution < 1.29 is 18.1 Å². The van der Waals surface area contributed by atoms with Crippen molar-refractivity contribution in [2.45, 2.75) is 65.0 Å². The van der Waals surface area contributed by atoms with E-state index in [4.69, 9.17) is 4.52 Å². The maximum absolute atomic E-state index is 13.6. The number of carbonyl (C=O) groups excluding carboxylic acids is 1. The zero-order valence-corrected chi connectivity index (χ0v) is 17.0. The zero-order valence-electron chi connectivity index (χ0n) is 17.0. The lowest BCUT2D eigenvalue weighted by atomic mass is 9.84. The second-order valence-corrected chi connectivity index (χ2v) is 8.05. The van der Waals surface area contributed by atoms with Gasteiger partial charge < -0.3 is 14.7 Å². The fourth-order valence-electron chi connectivity index (χ4n) is 4.60. The van der Waals surface area contributed by atoms with Gasteiger partial charge in [-0.15, -0.1) is 0 Å². The van der Waals surface area contributed by atoms with Crippen LogP contribution in [-0.2, 0) is 6.42 Å². The Labute approximate surface area is 168 Å². The number of piperidine rings is 1. The molecular weight excluding hydrogens is 380 g/mol. The predicted octanol–water partition coefficient (Wildman–Crippen LogP) is 3.59. The average molecular weight is 407 g/mol. The molecular formula is C20H27F2N5O2. The number of fused-ring (bicyclic) bond motifs is 1. The summed E-state index contributed by atoms with van der Waals surface area (Å²) in [5.41, 5.74) is 1.92. The van der Waals surface area contributed by atoms with Crippen molar-refractivity contribution in [1.82, 2.24) is 19.8 Å². The van der Waals surface area contributed by atoms with E-state index in [9.17, 15) is 13.6 Å². The van der Waals surface area contributed by atoms with Crippen molar-refractivity contribution in [3.63, 3.8) is 0 Å². The molecule has 9 heteroatoms. The molecule has 1 fully saturated rings. The topological polar surface area (TPSA) is 76.2 Å². The molecule has 0 spiro atoms. The van der Waals surface area contributed by atoms with E-state index in [1.807, 2.05) is 24.8 Å². The van der Waals surface area contributed by atoms with Crippen LogP contribution in [0.15, 0.2) is 10.6 Å². The lowest BCUT2D eigenvalue weighted by Crippen LogP contribution is -2.46. The van der Waals surface area contributed by atoms with Crippen molar-refractivity contribution in [3.8, 4) is 0 Å². The molecule has 2 aromatic rings. The van der Waals surface area contributed by atoms with E-state index in [1.165, 1.54) is 4.68 Å². The maximum atomic E-state index is 13.6. The molecule has 2 aromatic heterocycles. The van der Waals surface area contributed by atoms with E-state index in [0.29, 0.717) is 48.8 Å². The van der Waals surface area contributed by atoms with Crippen LogP contribution in [-0.4, -0.2) is 51.3 Å². The third-order valence-corrected chi connectivity index (χ3v) is 6.16. The predicted molar refractivity (Wildman–Crippen MR) is 103 cm³/mol. The number of carbonyl (C=O) groups is 1. The summed E-state index contributed by atoms with van der Waals surface area (Å²) in [4.78, 5) is 14.8. The highest BCUT2D eigenvalue weighted by molar-refractivity contribution is 5.96. The monoisotopic (exact) mass is 407 g/mol. The maximum Gasteiger partial charge on any atom is 0.260 e. The van der Waals surface area contributed by atoms with Crippen molar-refractivity contribution in [1.29, 1.82) is 0 Å². The van der Waals surface area contributed by atoms with Crippen molar-refractivity contribution in [3.05, 3.63) is 28.8 Å². The highest BCUT2D eigenvalue weighted by Gasteiger charge is 2.38. The van der Waals surface area contributed by atoms with Gasteiger partial charge in [0.25, 0.3) is 12.3 Å². The SMILES string of the molecule is CCc1onc(C)c1C(=O)N1CCC([C@@H]2C[C@H](C(F)F)n3nc(C)cc3N2)CC1. The van der Waals surface area contributed by atoms with Crippen LogP contribution in [0, 0.1) is 19.8 Å². The van der Waals surface area contributed by atoms with Gasteiger partial charge in [-0.25, -0.2) is 13.5 Å². The summed E-state index contributed by atoms with van der Waals surface area (Å²) in [6, 6.07) is 0.871. The zero-order chi connectivity index (χ0) is 20.7. The summed E-state index contributed by atoms with van der Waals surface area (Å²) >= 11 is 0. The van der Waals surface area contributed by atoms with Gasteiger partial charge in [0, 0.05) is 31.6 Å². The first kappa shape index (κ1) is 19.8. The standard InChI is InChI=1S/C20H27F2N5O2/c1-4-16-18(12(3)25-29-16)20(28)26-7-5-13(6-8-26)14-10-15(19(21)22)27-17(23-14)9-11(2)24-27/h9,13-15,19,23H,4-8,10H2,1-3H3/t14-,15+/m0/s1. The summed E-state index contributed by atoms with van der Waals surface area (Å²) in [6.07, 6.45) is 0.0568. The Morgan fingerprint density at radius 2 is 2.07 bits per heavy atom. The number of likely N-dealkylation sites (tertiary alicyclic amines) is 1. The van der Waals surface area contributed by atoms with Gasteiger partial charge in [-0.2, -0.15) is 5.10 Å². The minimum absolute atomic E-state index is 0.0432. The first-order valence-corrected chi connectivity index (χ1v) is 10.2. The number of hydrogen-bond acceptors (Lipinski definition) is 5. The van der Waals surface area contributed by atoms with Crippen LogP contribution in [0.3, 0.4) is 0 Å². The molecule has 0 bridgehead atoms. The van der Waals surface area contributed by atoms with Crippen LogP contribution in [0.1, 0.15) is 59.7 Å². The van der Waals surface area contributed by atoms with Gasteiger partial charge in [-0.3, -0.25) is 4.79 Å². The van der Waals surface area contributed by atoms with E-state index in [1.54, 1.807) is 6.92 Å². The van der Waals surface area contributed by atoms with E-state index in [0.717, 1.165) is 18.5 Å². The number of hydrogen-bond donors (Lipinski definition) is 1. The summed E-state index contributed by atoms with van der Waals surface area (Å²) in [7, 11) is 0. The number of rotatable bonds is 4. The smallest absolute Gasteiger partial charge is 0.260 e. The number of aryl methyl sites for hydroxylation is 3. The first-order chi connectivity index (χ1) is 13.9. The molecule has 0 aromatic carbocycles. The minimum Gasteiger partial charge on any atom is -0.367 e. The third-order valence-electron chi connectivity index (χ3n) is 6.16. The summed E-state index contributed by atoms with van der Waals surface area (Å²) in [6.45, 7) is 6.74. The normalized spacial score (nSPS) is 22.6. The number of aromatic nitrogens is 3. The molecule has 0 saturated carbocycles. The summed E-state index contributed by atoms with van der Waals surface area (Å²) in [5.74, 6) is 1.47. The molecule has 7 nitrogen and oxygen atoms in total. The first-order valence-electron chi connectivity index (χ1n) is 10.2. The Kier molecular flexibility index (Phi) is 5.31. The highest BCUT2D eigenvalue weighted by Crippen LogP contribution is 2.37. The Morgan fingerprint density at radius 3 is 2.72 bits per heavy atom. The van der Waals surface area contributed by atoms with Gasteiger partial charge in [0.15, 0.2) is 0 Å². The molecule has 29 heavy (non-hydrogen) atoms. The number of nitrogens with one attached hydrogen (secondary N) is 1. The lowest BCUT2D eigenvalue weighted by molar-refractivity contribution is 0.0538. The molecule has 2 aliphatic rings. The van der Waals surface area contributed by atoms with Gasteiger partial charge in [-0.1, -0.05) is 12.1 Å². The number of alkyl halides is 2. The van der Waals surface area contributed by atoms with Crippen LogP contribution in [0.4, 0.5) is 14.6 Å². The van der Waals surface area contributed by atoms with Gasteiger partial charge in [0.05, 0.1) is 11.4 Å². The third kappa shape index (κ3) is 3.62. The number of nitrogens with zero attached hydrogens (tertiary/aromatic N) is 4. The number of amides is 1. The second kappa shape index (κ2) is 7.76. The summed E-state index contributed by atoms with van der Waals surface area (Å²) in [5, 5.41) is 11.6. The van der Waals surface area contributed by atoms with Crippen LogP contribution < -0.4 is 5.32 Å². The van der Waals surface area contributed by atoms with Crippen LogP contribution in [0.5, 0.6) is 0 Å². The van der Waals surface area contributed by atoms with Gasteiger partial charge in [-0.05, 0) is 39.0 Å². The molecule has 0 aliphatic carbocycles. The molecule has 2 atom stereocenters. The van der Waals surface area contributed by atoms with Crippen LogP contribution in [0.2, 0.25) is 0 Å². The molecule has 1 N–H and O–H groups in total. The quantitative estimate of drug-likeness (QED) is 0.838. The van der Waals surface area contributed by atoms with Crippen molar-refractivity contribution >= 4 is 11.7 Å². The molecule has 158 valence electrons. The van der Waals surface area contributed by atoms with Gasteiger partial charge >= 0.3 is 0 Å². The fraction of sp³-hybridized carbons (Fsp3) is 0.650. The minimum atomic E-state index is -2.46. The lowest BCUT2D eigenvalue weighted by Gasteiger charge is -2.40. The number of halogens is 2. The fourth-order valence-corrected chi connectivity index (χ4v) is 4.60. The van der Waals surface area contributed by atoms with Crippen molar-refractivity contribution in [2.75, 3.05) is 18.4 Å². The van der Waals surface area contributed by atoms with E-state index >= 15 is 0 Å². The van der Waals surface area contributed by atoms with Crippen LogP contribution >= 0.6 is 0 Å². The molecule has 4 rings (SSSR count). The average Bonchev–Trinajstić information content (AvgIpc) is 3.27. The van der Waals surface area contributed by atoms with Gasteiger partial charge in [0.1, 0.15) is 23.2 Å². The molecule has 4 heterocycles. The highest BCUT2D eigenvalue weighted by atomic mass is 19.3. The second-order valence-electron chi connectivity index (χ2n) is 8.05. The Balaban J connectivity index is 1.43. The van der Waals surface area contributed by atoms with Gasteiger partial charge in [0.2, 0.25) is 0 Å². The molecule has 1 saturated heterocycles. The Hall–Kier alpha value is -2.45. The molecule has 0 unspecified atom stereocenters. The van der Waals surface area contributed by atoms with E-state index in [-0.39, 0.29) is 17.9 Å². The van der Waals surface area contributed by atoms with E-state index in [2.05, 4.69) is 15.6 Å². The molecule has 0 radical (unpaired) electrons. The van der Waals surface area contributed by atoms with Crippen molar-refractivity contribution in [2.24, 2.45) is 5.92 Å².